The molecule has 1 unspecified atom stereocenters. The van der Waals surface area contributed by atoms with Crippen molar-refractivity contribution in [3.63, 3.8) is 0 Å². The van der Waals surface area contributed by atoms with E-state index in [1.807, 2.05) is 17.3 Å². The molecule has 0 bridgehead atoms. The Hall–Kier alpha value is -3.68. The predicted octanol–water partition coefficient (Wildman–Crippen LogP) is 4.61. The van der Waals surface area contributed by atoms with Gasteiger partial charge < -0.3 is 24.8 Å². The van der Waals surface area contributed by atoms with E-state index in [0.29, 0.717) is 0 Å². The van der Waals surface area contributed by atoms with E-state index < -0.39 is 6.23 Å². The number of pyridine rings is 2. The average molecular weight is 495 g/mol. The van der Waals surface area contributed by atoms with Crippen LogP contribution in [0.3, 0.4) is 0 Å². The van der Waals surface area contributed by atoms with Gasteiger partial charge in [-0.05, 0) is 73.8 Å². The van der Waals surface area contributed by atoms with Crippen molar-refractivity contribution < 1.29 is 5.11 Å². The molecule has 1 aromatic carbocycles. The van der Waals surface area contributed by atoms with Crippen molar-refractivity contribution in [1.29, 1.82) is 0 Å². The summed E-state index contributed by atoms with van der Waals surface area (Å²) in [5.41, 5.74) is 8.64. The van der Waals surface area contributed by atoms with Gasteiger partial charge in [0.15, 0.2) is 0 Å². The number of rotatable bonds is 5. The fraction of sp³-hybridized carbons (Fsp3) is 0.333. The number of H-pyrrole nitrogens is 1. The smallest absolute Gasteiger partial charge is 0.145 e. The number of hydrogen-bond acceptors (Lipinski definition) is 6. The molecule has 0 amide bonds. The zero-order valence-electron chi connectivity index (χ0n) is 21.6. The van der Waals surface area contributed by atoms with Gasteiger partial charge in [0.2, 0.25) is 0 Å². The number of likely N-dealkylation sites (N-methyl/N-ethyl adjacent to an activating group) is 1. The largest absolute Gasteiger partial charge is 0.370 e. The van der Waals surface area contributed by atoms with Gasteiger partial charge in [-0.3, -0.25) is 0 Å². The Morgan fingerprint density at radius 3 is 2.59 bits per heavy atom. The molecule has 3 aromatic heterocycles. The van der Waals surface area contributed by atoms with E-state index in [1.165, 1.54) is 11.1 Å². The highest BCUT2D eigenvalue weighted by Gasteiger charge is 2.24. The predicted molar refractivity (Wildman–Crippen MR) is 151 cm³/mol. The summed E-state index contributed by atoms with van der Waals surface area (Å²) in [6, 6.07) is 13.0. The second-order valence-corrected chi connectivity index (χ2v) is 10.2. The van der Waals surface area contributed by atoms with E-state index in [2.05, 4.69) is 76.7 Å². The van der Waals surface area contributed by atoms with Gasteiger partial charge in [-0.2, -0.15) is 0 Å². The highest BCUT2D eigenvalue weighted by Crippen LogP contribution is 2.42. The number of aryl methyl sites for hydroxylation is 2. The summed E-state index contributed by atoms with van der Waals surface area (Å²) in [5.74, 6) is 1.02. The first kappa shape index (κ1) is 23.7. The number of benzene rings is 1. The molecule has 0 saturated carbocycles. The van der Waals surface area contributed by atoms with Crippen LogP contribution in [0.4, 0.5) is 11.5 Å². The van der Waals surface area contributed by atoms with E-state index in [-0.39, 0.29) is 0 Å². The maximum atomic E-state index is 10.6. The SMILES string of the molecule is C=CC(O)N1CCCc2ccc(-c3c(-c4ccc(N5CCN(C)CC5)nc4)[nH]c4nccc(C)c34)cc21. The third-order valence-corrected chi connectivity index (χ3v) is 7.83. The van der Waals surface area contributed by atoms with Crippen LogP contribution in [0.1, 0.15) is 17.5 Å². The van der Waals surface area contributed by atoms with Gasteiger partial charge in [-0.1, -0.05) is 18.7 Å². The van der Waals surface area contributed by atoms with E-state index in [9.17, 15) is 5.11 Å². The van der Waals surface area contributed by atoms with Crippen molar-refractivity contribution in [2.24, 2.45) is 0 Å². The van der Waals surface area contributed by atoms with Crippen molar-refractivity contribution >= 4 is 22.5 Å². The van der Waals surface area contributed by atoms with E-state index >= 15 is 0 Å². The summed E-state index contributed by atoms with van der Waals surface area (Å²) < 4.78 is 0. The molecule has 5 heterocycles. The number of aliphatic hydroxyl groups excluding tert-OH is 1. The van der Waals surface area contributed by atoms with Gasteiger partial charge in [-0.25, -0.2) is 9.97 Å². The number of anilines is 2. The Bertz CT molecular complexity index is 1430. The molecule has 0 aliphatic carbocycles. The Morgan fingerprint density at radius 2 is 1.84 bits per heavy atom. The molecule has 190 valence electrons. The zero-order valence-corrected chi connectivity index (χ0v) is 21.6. The van der Waals surface area contributed by atoms with Gasteiger partial charge in [0.25, 0.3) is 0 Å². The molecule has 1 fully saturated rings. The zero-order chi connectivity index (χ0) is 25.5. The third-order valence-electron chi connectivity index (χ3n) is 7.83. The minimum atomic E-state index is -0.702. The van der Waals surface area contributed by atoms with Crippen LogP contribution in [-0.4, -0.2) is 71.0 Å². The minimum absolute atomic E-state index is 0.702. The van der Waals surface area contributed by atoms with E-state index in [4.69, 9.17) is 4.98 Å². The molecular weight excluding hydrogens is 460 g/mol. The highest BCUT2D eigenvalue weighted by atomic mass is 16.3. The summed E-state index contributed by atoms with van der Waals surface area (Å²) in [4.78, 5) is 19.9. The molecule has 6 rings (SSSR count). The Balaban J connectivity index is 1.46. The van der Waals surface area contributed by atoms with Crippen LogP contribution < -0.4 is 9.80 Å². The number of hydrogen-bond donors (Lipinski definition) is 2. The number of nitrogens with one attached hydrogen (secondary N) is 1. The van der Waals surface area contributed by atoms with Gasteiger partial charge in [0.1, 0.15) is 17.7 Å². The number of piperazine rings is 1. The minimum Gasteiger partial charge on any atom is -0.370 e. The lowest BCUT2D eigenvalue weighted by Gasteiger charge is -2.34. The van der Waals surface area contributed by atoms with E-state index in [0.717, 1.165) is 90.5 Å². The van der Waals surface area contributed by atoms with Gasteiger partial charge in [-0.15, -0.1) is 0 Å². The second-order valence-electron chi connectivity index (χ2n) is 10.2. The first-order chi connectivity index (χ1) is 18.0. The Labute approximate surface area is 218 Å². The Morgan fingerprint density at radius 1 is 1.03 bits per heavy atom. The maximum absolute atomic E-state index is 10.6. The molecule has 4 aromatic rings. The number of aromatic amines is 1. The molecule has 1 atom stereocenters. The van der Waals surface area contributed by atoms with Crippen LogP contribution >= 0.6 is 0 Å². The molecule has 7 heteroatoms. The maximum Gasteiger partial charge on any atom is 0.145 e. The molecule has 2 N–H and O–H groups in total. The third kappa shape index (κ3) is 4.28. The number of aromatic nitrogens is 3. The first-order valence-corrected chi connectivity index (χ1v) is 13.1. The second kappa shape index (κ2) is 9.65. The molecule has 2 aliphatic rings. The summed E-state index contributed by atoms with van der Waals surface area (Å²) in [6.45, 7) is 10.8. The van der Waals surface area contributed by atoms with Crippen LogP contribution in [-0.2, 0) is 6.42 Å². The Kier molecular flexibility index (Phi) is 6.18. The average Bonchev–Trinajstić information content (AvgIpc) is 3.33. The quantitative estimate of drug-likeness (QED) is 0.395. The molecule has 0 spiro atoms. The normalized spacial score (nSPS) is 17.2. The molecule has 2 aliphatic heterocycles. The number of nitrogens with zero attached hydrogens (tertiary/aromatic N) is 5. The standard InChI is InChI=1S/C30H34N6O/c1-4-26(37)36-13-5-6-21-7-8-22(18-24(21)36)28-27-20(2)11-12-31-30(27)33-29(28)23-9-10-25(32-19-23)35-16-14-34(3)15-17-35/h4,7-12,18-19,26,37H,1,5-6,13-17H2,2-3H3,(H,31,33). The molecule has 7 nitrogen and oxygen atoms in total. The molecular formula is C30H34N6O. The number of aliphatic hydroxyl groups is 1. The fourth-order valence-electron chi connectivity index (χ4n) is 5.70. The van der Waals surface area contributed by atoms with Gasteiger partial charge in [0, 0.05) is 67.3 Å². The fourth-order valence-corrected chi connectivity index (χ4v) is 5.70. The molecule has 0 radical (unpaired) electrons. The summed E-state index contributed by atoms with van der Waals surface area (Å²) in [5, 5.41) is 11.7. The van der Waals surface area contributed by atoms with Crippen LogP contribution in [0.15, 0.2) is 61.4 Å². The van der Waals surface area contributed by atoms with Crippen molar-refractivity contribution in [3.05, 3.63) is 72.6 Å². The summed E-state index contributed by atoms with van der Waals surface area (Å²) in [6.07, 6.45) is 6.75. The van der Waals surface area contributed by atoms with Crippen molar-refractivity contribution in [2.75, 3.05) is 49.6 Å². The summed E-state index contributed by atoms with van der Waals surface area (Å²) >= 11 is 0. The van der Waals surface area contributed by atoms with Crippen LogP contribution in [0.25, 0.3) is 33.4 Å². The monoisotopic (exact) mass is 494 g/mol. The van der Waals surface area contributed by atoms with Gasteiger partial charge >= 0.3 is 0 Å². The molecule has 1 saturated heterocycles. The topological polar surface area (TPSA) is 71.5 Å². The van der Waals surface area contributed by atoms with E-state index in [1.54, 1.807) is 6.08 Å². The van der Waals surface area contributed by atoms with Crippen LogP contribution in [0, 0.1) is 6.92 Å². The van der Waals surface area contributed by atoms with Crippen LogP contribution in [0.2, 0.25) is 0 Å². The lowest BCUT2D eigenvalue weighted by Crippen LogP contribution is -2.44. The van der Waals surface area contributed by atoms with Crippen molar-refractivity contribution in [1.82, 2.24) is 19.9 Å². The summed E-state index contributed by atoms with van der Waals surface area (Å²) in [7, 11) is 2.17. The van der Waals surface area contributed by atoms with Gasteiger partial charge in [0.05, 0.1) is 5.69 Å². The lowest BCUT2D eigenvalue weighted by molar-refractivity contribution is 0.214. The highest BCUT2D eigenvalue weighted by molar-refractivity contribution is 6.04. The number of fused-ring (bicyclic) bond motifs is 2. The first-order valence-electron chi connectivity index (χ1n) is 13.1. The lowest BCUT2D eigenvalue weighted by atomic mass is 9.93. The van der Waals surface area contributed by atoms with Crippen molar-refractivity contribution in [2.45, 2.75) is 26.0 Å². The molecule has 37 heavy (non-hydrogen) atoms. The van der Waals surface area contributed by atoms with Crippen molar-refractivity contribution in [3.8, 4) is 22.4 Å². The van der Waals surface area contributed by atoms with Crippen LogP contribution in [0.5, 0.6) is 0 Å².